The molecule has 0 amide bonds. The molecule has 3 aliphatic rings. The number of carbonyl (C=O) groups excluding carboxylic acids is 1. The number of nitrogens with one attached hydrogen (secondary N) is 3. The molecule has 3 unspecified atom stereocenters. The number of benzene rings is 1. The molecule has 3 aliphatic heterocycles. The maximum Gasteiger partial charge on any atom is 0.277 e. The van der Waals surface area contributed by atoms with E-state index in [1.807, 2.05) is 6.07 Å². The molecule has 1 saturated heterocycles. The van der Waals surface area contributed by atoms with Crippen LogP contribution in [-0.2, 0) is 4.79 Å². The Bertz CT molecular complexity index is 720. The van der Waals surface area contributed by atoms with E-state index in [0.29, 0.717) is 0 Å². The number of Topliss-reactive ketones (excluding diaryl/α,β-unsaturated/α-hetero) is 1. The lowest BCUT2D eigenvalue weighted by atomic mass is 9.72. The molecule has 3 atom stereocenters. The van der Waals surface area contributed by atoms with Gasteiger partial charge in [0.05, 0.1) is 11.5 Å². The van der Waals surface area contributed by atoms with Gasteiger partial charge in [0.2, 0.25) is 0 Å². The van der Waals surface area contributed by atoms with Crippen LogP contribution in [0.1, 0.15) is 25.3 Å². The minimum Gasteiger partial charge on any atom is -1.00 e. The van der Waals surface area contributed by atoms with Crippen LogP contribution in [0.2, 0.25) is 0 Å². The van der Waals surface area contributed by atoms with Crippen molar-refractivity contribution in [2.75, 3.05) is 26.2 Å². The van der Waals surface area contributed by atoms with Crippen molar-refractivity contribution in [3.8, 4) is 0 Å². The van der Waals surface area contributed by atoms with Crippen molar-refractivity contribution in [1.29, 1.82) is 0 Å². The molecule has 6 heteroatoms. The van der Waals surface area contributed by atoms with Gasteiger partial charge in [0.25, 0.3) is 5.84 Å². The van der Waals surface area contributed by atoms with E-state index in [9.17, 15) is 4.79 Å². The third-order valence-corrected chi connectivity index (χ3v) is 5.49. The van der Waals surface area contributed by atoms with Crippen LogP contribution < -0.4 is 28.4 Å². The summed E-state index contributed by atoms with van der Waals surface area (Å²) in [6.45, 7) is 7.67. The van der Waals surface area contributed by atoms with Gasteiger partial charge in [0.1, 0.15) is 30.7 Å². The van der Waals surface area contributed by atoms with Gasteiger partial charge in [-0.15, -0.1) is 0 Å². The normalized spacial score (nSPS) is 27.8. The molecule has 3 heterocycles. The highest BCUT2D eigenvalue weighted by atomic mass is 35.5. The molecular formula is C19H25ClN4O. The largest absolute Gasteiger partial charge is 1.00 e. The fourth-order valence-corrected chi connectivity index (χ4v) is 4.48. The van der Waals surface area contributed by atoms with Crippen molar-refractivity contribution < 1.29 is 21.8 Å². The van der Waals surface area contributed by atoms with Crippen molar-refractivity contribution in [2.45, 2.75) is 25.8 Å². The van der Waals surface area contributed by atoms with Crippen LogP contribution in [-0.4, -0.2) is 48.4 Å². The molecule has 134 valence electrons. The Hall–Kier alpha value is -2.01. The molecule has 0 aromatic heterocycles. The van der Waals surface area contributed by atoms with E-state index in [1.54, 1.807) is 6.92 Å². The van der Waals surface area contributed by atoms with Gasteiger partial charge in [-0.1, -0.05) is 30.3 Å². The molecule has 1 aromatic carbocycles. The second-order valence-electron chi connectivity index (χ2n) is 6.88. The lowest BCUT2D eigenvalue weighted by Crippen LogP contribution is -3.00. The number of amidine groups is 1. The molecule has 3 N–H and O–H groups in total. The van der Waals surface area contributed by atoms with E-state index >= 15 is 0 Å². The summed E-state index contributed by atoms with van der Waals surface area (Å²) in [5, 5.41) is 10.5. The van der Waals surface area contributed by atoms with E-state index in [0.717, 1.165) is 32.0 Å². The highest BCUT2D eigenvalue weighted by Gasteiger charge is 2.49. The van der Waals surface area contributed by atoms with E-state index in [1.165, 1.54) is 17.0 Å². The Labute approximate surface area is 155 Å². The SMILES string of the molecule is CC(=O)C1C(c2ccccc2)C(=C2NCCN2)C2=[N+](CCN2)C1C.[Cl-]. The van der Waals surface area contributed by atoms with Crippen LogP contribution in [0, 0.1) is 5.92 Å². The van der Waals surface area contributed by atoms with Crippen LogP contribution in [0.5, 0.6) is 0 Å². The summed E-state index contributed by atoms with van der Waals surface area (Å²) < 4.78 is 2.37. The number of nitrogens with zero attached hydrogens (tertiary/aromatic N) is 1. The van der Waals surface area contributed by atoms with Crippen molar-refractivity contribution in [2.24, 2.45) is 5.92 Å². The van der Waals surface area contributed by atoms with Crippen LogP contribution in [0.15, 0.2) is 41.7 Å². The fourth-order valence-electron chi connectivity index (χ4n) is 4.48. The average molecular weight is 361 g/mol. The molecule has 0 bridgehead atoms. The third kappa shape index (κ3) is 2.91. The number of halogens is 1. The van der Waals surface area contributed by atoms with Gasteiger partial charge in [-0.3, -0.25) is 14.7 Å². The maximum atomic E-state index is 12.6. The molecule has 5 nitrogen and oxygen atoms in total. The van der Waals surface area contributed by atoms with Crippen LogP contribution in [0.4, 0.5) is 0 Å². The summed E-state index contributed by atoms with van der Waals surface area (Å²) in [5.74, 6) is 2.56. The molecule has 0 radical (unpaired) electrons. The monoisotopic (exact) mass is 360 g/mol. The number of hydrogen-bond acceptors (Lipinski definition) is 4. The number of hydrogen-bond donors (Lipinski definition) is 3. The van der Waals surface area contributed by atoms with E-state index in [4.69, 9.17) is 0 Å². The van der Waals surface area contributed by atoms with Crippen molar-refractivity contribution in [3.63, 3.8) is 0 Å². The van der Waals surface area contributed by atoms with E-state index < -0.39 is 0 Å². The molecule has 0 aliphatic carbocycles. The highest BCUT2D eigenvalue weighted by molar-refractivity contribution is 5.99. The van der Waals surface area contributed by atoms with Gasteiger partial charge < -0.3 is 23.0 Å². The number of carbonyl (C=O) groups is 1. The first kappa shape index (κ1) is 17.8. The zero-order chi connectivity index (χ0) is 16.7. The van der Waals surface area contributed by atoms with E-state index in [2.05, 4.69) is 51.7 Å². The molecule has 0 saturated carbocycles. The smallest absolute Gasteiger partial charge is 0.277 e. The molecule has 4 rings (SSSR count). The summed E-state index contributed by atoms with van der Waals surface area (Å²) in [7, 11) is 0. The summed E-state index contributed by atoms with van der Waals surface area (Å²) in [4.78, 5) is 12.6. The summed E-state index contributed by atoms with van der Waals surface area (Å²) >= 11 is 0. The number of ketones is 1. The topological polar surface area (TPSA) is 56.2 Å². The van der Waals surface area contributed by atoms with Crippen LogP contribution in [0.25, 0.3) is 0 Å². The Balaban J connectivity index is 0.00000182. The average Bonchev–Trinajstić information content (AvgIpc) is 3.27. The van der Waals surface area contributed by atoms with Crippen LogP contribution >= 0.6 is 0 Å². The lowest BCUT2D eigenvalue weighted by molar-refractivity contribution is -0.562. The fraction of sp³-hybridized carbons (Fsp3) is 0.474. The first-order chi connectivity index (χ1) is 11.7. The van der Waals surface area contributed by atoms with Gasteiger partial charge in [0.15, 0.2) is 0 Å². The zero-order valence-electron chi connectivity index (χ0n) is 14.7. The van der Waals surface area contributed by atoms with Crippen LogP contribution in [0.3, 0.4) is 0 Å². The summed E-state index contributed by atoms with van der Waals surface area (Å²) in [6, 6.07) is 10.7. The van der Waals surface area contributed by atoms with Gasteiger partial charge in [-0.25, -0.2) is 0 Å². The van der Waals surface area contributed by atoms with Gasteiger partial charge in [-0.05, 0) is 19.4 Å². The van der Waals surface area contributed by atoms with Crippen molar-refractivity contribution >= 4 is 11.6 Å². The third-order valence-electron chi connectivity index (χ3n) is 5.49. The molecular weight excluding hydrogens is 336 g/mol. The zero-order valence-corrected chi connectivity index (χ0v) is 15.4. The lowest BCUT2D eigenvalue weighted by Gasteiger charge is -2.36. The molecule has 0 spiro atoms. The van der Waals surface area contributed by atoms with Gasteiger partial charge in [0, 0.05) is 19.0 Å². The van der Waals surface area contributed by atoms with Gasteiger partial charge >= 0.3 is 0 Å². The maximum absolute atomic E-state index is 12.6. The van der Waals surface area contributed by atoms with Crippen molar-refractivity contribution in [3.05, 3.63) is 47.3 Å². The van der Waals surface area contributed by atoms with E-state index in [-0.39, 0.29) is 36.1 Å². The second-order valence-corrected chi connectivity index (χ2v) is 6.88. The Morgan fingerprint density at radius 2 is 1.76 bits per heavy atom. The Morgan fingerprint density at radius 1 is 1.08 bits per heavy atom. The predicted molar refractivity (Wildman–Crippen MR) is 94.0 cm³/mol. The standard InChI is InChI=1S/C19H24N4O.ClH/c1-12-15(13(2)24)16(14-6-4-3-5-7-14)17(18-20-8-9-21-18)19-22-10-11-23(12)19;/h3-7,12,15-16H,8-11H2,1-2H3,(H2,20,21,22);1H. The van der Waals surface area contributed by atoms with Gasteiger partial charge in [-0.2, -0.15) is 0 Å². The first-order valence-electron chi connectivity index (χ1n) is 8.83. The molecule has 1 aromatic rings. The Morgan fingerprint density at radius 3 is 2.40 bits per heavy atom. The quantitative estimate of drug-likeness (QED) is 0.524. The second kappa shape index (κ2) is 7.08. The van der Waals surface area contributed by atoms with Crippen molar-refractivity contribution in [1.82, 2.24) is 16.0 Å². The predicted octanol–water partition coefficient (Wildman–Crippen LogP) is -2.20. The number of rotatable bonds is 2. The summed E-state index contributed by atoms with van der Waals surface area (Å²) in [6.07, 6.45) is 0. The molecule has 1 fully saturated rings. The first-order valence-corrected chi connectivity index (χ1v) is 8.83. The molecule has 25 heavy (non-hydrogen) atoms. The minimum atomic E-state index is -0.0391. The minimum absolute atomic E-state index is 0. The summed E-state index contributed by atoms with van der Waals surface area (Å²) in [5.41, 5.74) is 2.43. The Kier molecular flexibility index (Phi) is 5.04. The highest BCUT2D eigenvalue weighted by Crippen LogP contribution is 2.41.